The van der Waals surface area contributed by atoms with Gasteiger partial charge < -0.3 is 10.1 Å². The number of rotatable bonds is 3. The number of hydrogen-bond acceptors (Lipinski definition) is 4. The first-order valence-corrected chi connectivity index (χ1v) is 9.07. The number of thiocarbonyl (C=S) groups is 1. The molecule has 0 fully saturated rings. The monoisotopic (exact) mass is 361 g/mol. The Bertz CT molecular complexity index is 741. The first kappa shape index (κ1) is 16.7. The number of carbonyl (C=O) groups excluding carboxylic acids is 1. The fraction of sp³-hybridized carbons (Fsp3) is 0.294. The molecule has 7 heteroatoms. The van der Waals surface area contributed by atoms with E-state index in [1.165, 1.54) is 16.9 Å². The van der Waals surface area contributed by atoms with Crippen LogP contribution in [0.3, 0.4) is 0 Å². The van der Waals surface area contributed by atoms with Crippen LogP contribution in [0, 0.1) is 0 Å². The van der Waals surface area contributed by atoms with Gasteiger partial charge in [-0.25, -0.2) is 0 Å². The highest BCUT2D eigenvalue weighted by Crippen LogP contribution is 2.29. The van der Waals surface area contributed by atoms with Gasteiger partial charge in [0.2, 0.25) is 0 Å². The van der Waals surface area contributed by atoms with E-state index in [1.807, 2.05) is 29.6 Å². The predicted octanol–water partition coefficient (Wildman–Crippen LogP) is 3.27. The number of hydrazine groups is 1. The normalized spacial score (nSPS) is 12.9. The lowest BCUT2D eigenvalue weighted by Gasteiger charge is -2.14. The van der Waals surface area contributed by atoms with Crippen molar-refractivity contribution in [2.45, 2.75) is 25.7 Å². The Kier molecular flexibility index (Phi) is 5.32. The van der Waals surface area contributed by atoms with E-state index in [9.17, 15) is 4.79 Å². The summed E-state index contributed by atoms with van der Waals surface area (Å²) in [5.41, 5.74) is 8.18. The number of methoxy groups -OCH3 is 1. The third-order valence-corrected chi connectivity index (χ3v) is 5.24. The van der Waals surface area contributed by atoms with Crippen molar-refractivity contribution in [2.75, 3.05) is 12.4 Å². The van der Waals surface area contributed by atoms with Gasteiger partial charge in [0.05, 0.1) is 12.7 Å². The second-order valence-corrected chi connectivity index (χ2v) is 6.89. The number of hydrogen-bond donors (Lipinski definition) is 3. The fourth-order valence-corrected chi connectivity index (χ4v) is 4.00. The van der Waals surface area contributed by atoms with Crippen LogP contribution in [0.4, 0.5) is 5.69 Å². The van der Waals surface area contributed by atoms with Crippen molar-refractivity contribution in [1.29, 1.82) is 0 Å². The zero-order valence-electron chi connectivity index (χ0n) is 13.3. The molecule has 1 amide bonds. The summed E-state index contributed by atoms with van der Waals surface area (Å²) in [5.74, 6) is 0.628. The second-order valence-electron chi connectivity index (χ2n) is 5.52. The Morgan fingerprint density at radius 2 is 1.92 bits per heavy atom. The molecule has 0 unspecified atom stereocenters. The number of nitrogens with one attached hydrogen (secondary N) is 3. The number of aryl methyl sites for hydroxylation is 1. The van der Waals surface area contributed by atoms with Crippen molar-refractivity contribution in [1.82, 2.24) is 10.9 Å². The van der Waals surface area contributed by atoms with E-state index < -0.39 is 0 Å². The number of ether oxygens (including phenoxy) is 1. The van der Waals surface area contributed by atoms with E-state index in [4.69, 9.17) is 17.0 Å². The Labute approximate surface area is 150 Å². The zero-order chi connectivity index (χ0) is 16.9. The Morgan fingerprint density at radius 1 is 1.17 bits per heavy atom. The van der Waals surface area contributed by atoms with Crippen LogP contribution in [-0.2, 0) is 12.8 Å². The molecule has 0 spiro atoms. The minimum Gasteiger partial charge on any atom is -0.497 e. The Hall–Kier alpha value is -2.12. The highest BCUT2D eigenvalue weighted by atomic mass is 32.1. The Morgan fingerprint density at radius 3 is 2.67 bits per heavy atom. The van der Waals surface area contributed by atoms with E-state index in [-0.39, 0.29) is 5.91 Å². The quantitative estimate of drug-likeness (QED) is 0.579. The average molecular weight is 361 g/mol. The summed E-state index contributed by atoms with van der Waals surface area (Å²) in [6.45, 7) is 0. The van der Waals surface area contributed by atoms with Crippen molar-refractivity contribution < 1.29 is 9.53 Å². The molecule has 24 heavy (non-hydrogen) atoms. The number of fused-ring (bicyclic) bond motifs is 1. The molecule has 3 N–H and O–H groups in total. The van der Waals surface area contributed by atoms with Gasteiger partial charge >= 0.3 is 0 Å². The summed E-state index contributed by atoms with van der Waals surface area (Å²) in [4.78, 5) is 13.7. The molecular weight excluding hydrogens is 342 g/mol. The van der Waals surface area contributed by atoms with Crippen LogP contribution in [0.5, 0.6) is 5.75 Å². The van der Waals surface area contributed by atoms with Crippen molar-refractivity contribution in [3.8, 4) is 5.75 Å². The van der Waals surface area contributed by atoms with Gasteiger partial charge in [-0.3, -0.25) is 15.6 Å². The molecule has 2 aromatic rings. The molecule has 0 saturated heterocycles. The molecule has 0 atom stereocenters. The van der Waals surface area contributed by atoms with Gasteiger partial charge in [-0.15, -0.1) is 11.3 Å². The summed E-state index contributed by atoms with van der Waals surface area (Å²) in [6, 6.07) is 7.37. The number of thiophene rings is 1. The number of carbonyl (C=O) groups is 1. The molecule has 3 rings (SSSR count). The van der Waals surface area contributed by atoms with Gasteiger partial charge in [0.15, 0.2) is 5.11 Å². The molecule has 1 heterocycles. The maximum atomic E-state index is 12.3. The summed E-state index contributed by atoms with van der Waals surface area (Å²) in [6.07, 6.45) is 4.42. The van der Waals surface area contributed by atoms with Crippen LogP contribution in [0.15, 0.2) is 29.6 Å². The number of anilines is 1. The third-order valence-electron chi connectivity index (χ3n) is 3.94. The van der Waals surface area contributed by atoms with Crippen molar-refractivity contribution in [2.24, 2.45) is 0 Å². The fourth-order valence-electron chi connectivity index (χ4n) is 2.70. The largest absolute Gasteiger partial charge is 0.497 e. The summed E-state index contributed by atoms with van der Waals surface area (Å²) >= 11 is 6.87. The third kappa shape index (κ3) is 3.85. The predicted molar refractivity (Wildman–Crippen MR) is 101 cm³/mol. The van der Waals surface area contributed by atoms with E-state index in [0.717, 1.165) is 36.3 Å². The summed E-state index contributed by atoms with van der Waals surface area (Å²) < 4.78 is 5.11. The van der Waals surface area contributed by atoms with Crippen molar-refractivity contribution >= 4 is 40.3 Å². The molecule has 1 aliphatic carbocycles. The second kappa shape index (κ2) is 7.63. The van der Waals surface area contributed by atoms with Crippen LogP contribution in [0.1, 0.15) is 33.6 Å². The molecule has 126 valence electrons. The van der Waals surface area contributed by atoms with Gasteiger partial charge in [-0.1, -0.05) is 0 Å². The molecule has 5 nitrogen and oxygen atoms in total. The maximum Gasteiger partial charge on any atom is 0.270 e. The molecule has 1 aromatic heterocycles. The van der Waals surface area contributed by atoms with Gasteiger partial charge in [-0.05, 0) is 67.7 Å². The van der Waals surface area contributed by atoms with Crippen LogP contribution < -0.4 is 20.9 Å². The average Bonchev–Trinajstić information content (AvgIpc) is 3.04. The topological polar surface area (TPSA) is 62.4 Å². The van der Waals surface area contributed by atoms with Crippen LogP contribution in [0.25, 0.3) is 0 Å². The first-order valence-electron chi connectivity index (χ1n) is 7.78. The maximum absolute atomic E-state index is 12.3. The molecule has 1 aliphatic rings. The van der Waals surface area contributed by atoms with E-state index in [2.05, 4.69) is 16.2 Å². The lowest BCUT2D eigenvalue weighted by molar-refractivity contribution is 0.0943. The van der Waals surface area contributed by atoms with Gasteiger partial charge in [0, 0.05) is 15.9 Å². The van der Waals surface area contributed by atoms with Crippen molar-refractivity contribution in [3.63, 3.8) is 0 Å². The molecule has 0 radical (unpaired) electrons. The van der Waals surface area contributed by atoms with E-state index in [1.54, 1.807) is 18.4 Å². The molecule has 0 aliphatic heterocycles. The van der Waals surface area contributed by atoms with Gasteiger partial charge in [0.25, 0.3) is 5.91 Å². The van der Waals surface area contributed by atoms with E-state index >= 15 is 0 Å². The molecular formula is C17H19N3O2S2. The number of amides is 1. The lowest BCUT2D eigenvalue weighted by Crippen LogP contribution is -2.43. The highest BCUT2D eigenvalue weighted by molar-refractivity contribution is 7.80. The smallest absolute Gasteiger partial charge is 0.270 e. The van der Waals surface area contributed by atoms with Crippen LogP contribution in [-0.4, -0.2) is 18.1 Å². The zero-order valence-corrected chi connectivity index (χ0v) is 15.0. The van der Waals surface area contributed by atoms with Gasteiger partial charge in [0.1, 0.15) is 5.75 Å². The van der Waals surface area contributed by atoms with Crippen molar-refractivity contribution in [3.05, 3.63) is 45.6 Å². The summed E-state index contributed by atoms with van der Waals surface area (Å²) in [5, 5.41) is 5.28. The van der Waals surface area contributed by atoms with Crippen LogP contribution in [0.2, 0.25) is 0 Å². The first-order chi connectivity index (χ1) is 11.7. The molecule has 0 bridgehead atoms. The molecule has 1 aromatic carbocycles. The lowest BCUT2D eigenvalue weighted by atomic mass is 9.96. The van der Waals surface area contributed by atoms with Gasteiger partial charge in [-0.2, -0.15) is 0 Å². The molecule has 0 saturated carbocycles. The van der Waals surface area contributed by atoms with E-state index in [0.29, 0.717) is 5.11 Å². The highest BCUT2D eigenvalue weighted by Gasteiger charge is 2.20. The van der Waals surface area contributed by atoms with Crippen LogP contribution >= 0.6 is 23.6 Å². The Balaban J connectivity index is 1.54. The standard InChI is InChI=1S/C17H19N3O2S2/c1-22-12-8-6-11(7-9-12)18-17(23)20-19-16(21)14-10-24-15-5-3-2-4-13(14)15/h6-10H,2-5H2,1H3,(H,19,21)(H2,18,20,23). The minimum absolute atomic E-state index is 0.145. The SMILES string of the molecule is COc1ccc(NC(=S)NNC(=O)c2csc3c2CCCC3)cc1. The number of benzene rings is 1. The minimum atomic E-state index is -0.145. The summed E-state index contributed by atoms with van der Waals surface area (Å²) in [7, 11) is 1.62.